The highest BCUT2D eigenvalue weighted by Crippen LogP contribution is 2.45. The Kier molecular flexibility index (Phi) is 4.97. The second kappa shape index (κ2) is 7.35. The SMILES string of the molecule is CCCCOc1ccc2c(c1)Oc1cc(C(=O)NC)cc(C(=O)O)c1N2. The first kappa shape index (κ1) is 17.6. The standard InChI is InChI=1S/C19H20N2O5/c1-3-4-7-25-12-5-6-14-15(10-12)26-16-9-11(18(22)20-2)8-13(19(23)24)17(16)21-14/h5-6,8-10,21H,3-4,7H2,1-2H3,(H,20,22)(H,23,24). The van der Waals surface area contributed by atoms with Crippen molar-refractivity contribution in [1.29, 1.82) is 0 Å². The van der Waals surface area contributed by atoms with Gasteiger partial charge < -0.3 is 25.2 Å². The first-order valence-electron chi connectivity index (χ1n) is 8.38. The molecule has 0 unspecified atom stereocenters. The summed E-state index contributed by atoms with van der Waals surface area (Å²) >= 11 is 0. The maximum Gasteiger partial charge on any atom is 0.337 e. The molecule has 1 aliphatic heterocycles. The lowest BCUT2D eigenvalue weighted by Crippen LogP contribution is -2.19. The minimum Gasteiger partial charge on any atom is -0.493 e. The van der Waals surface area contributed by atoms with E-state index in [1.807, 2.05) is 0 Å². The lowest BCUT2D eigenvalue weighted by Gasteiger charge is -2.24. The molecule has 0 radical (unpaired) electrons. The van der Waals surface area contributed by atoms with Gasteiger partial charge in [-0.15, -0.1) is 0 Å². The molecule has 136 valence electrons. The number of amides is 1. The Labute approximate surface area is 150 Å². The summed E-state index contributed by atoms with van der Waals surface area (Å²) in [6.07, 6.45) is 1.99. The molecule has 0 aromatic heterocycles. The topological polar surface area (TPSA) is 96.9 Å². The van der Waals surface area contributed by atoms with Gasteiger partial charge in [0.05, 0.1) is 23.5 Å². The molecule has 3 rings (SSSR count). The van der Waals surface area contributed by atoms with Crippen molar-refractivity contribution in [2.75, 3.05) is 19.0 Å². The first-order valence-corrected chi connectivity index (χ1v) is 8.38. The number of ether oxygens (including phenoxy) is 2. The number of hydrogen-bond donors (Lipinski definition) is 3. The molecule has 0 saturated heterocycles. The molecule has 1 aliphatic rings. The Morgan fingerprint density at radius 3 is 2.73 bits per heavy atom. The Hall–Kier alpha value is -3.22. The third kappa shape index (κ3) is 3.42. The molecule has 0 fully saturated rings. The number of rotatable bonds is 6. The summed E-state index contributed by atoms with van der Waals surface area (Å²) in [6.45, 7) is 2.70. The highest BCUT2D eigenvalue weighted by atomic mass is 16.5. The highest BCUT2D eigenvalue weighted by molar-refractivity contribution is 6.03. The molecule has 2 aromatic carbocycles. The van der Waals surface area contributed by atoms with Crippen LogP contribution in [0.2, 0.25) is 0 Å². The number of carboxylic acids is 1. The first-order chi connectivity index (χ1) is 12.5. The van der Waals surface area contributed by atoms with Crippen molar-refractivity contribution in [1.82, 2.24) is 5.32 Å². The normalized spacial score (nSPS) is 11.5. The van der Waals surface area contributed by atoms with Gasteiger partial charge in [0.25, 0.3) is 5.91 Å². The summed E-state index contributed by atoms with van der Waals surface area (Å²) in [7, 11) is 1.48. The maximum absolute atomic E-state index is 11.9. The van der Waals surface area contributed by atoms with Crippen molar-refractivity contribution >= 4 is 23.3 Å². The quantitative estimate of drug-likeness (QED) is 0.582. The molecule has 0 saturated carbocycles. The third-order valence-corrected chi connectivity index (χ3v) is 4.02. The predicted octanol–water partition coefficient (Wildman–Crippen LogP) is 3.77. The van der Waals surface area contributed by atoms with Crippen LogP contribution in [0.25, 0.3) is 0 Å². The Bertz CT molecular complexity index is 863. The maximum atomic E-state index is 11.9. The molecule has 0 aliphatic carbocycles. The summed E-state index contributed by atoms with van der Waals surface area (Å²) < 4.78 is 11.5. The summed E-state index contributed by atoms with van der Waals surface area (Å²) in [4.78, 5) is 23.5. The zero-order valence-corrected chi connectivity index (χ0v) is 14.6. The number of fused-ring (bicyclic) bond motifs is 2. The number of aromatic carboxylic acids is 1. The van der Waals surface area contributed by atoms with E-state index in [1.54, 1.807) is 18.2 Å². The summed E-state index contributed by atoms with van der Waals surface area (Å²) in [5.74, 6) is -0.0746. The minimum atomic E-state index is -1.15. The molecule has 0 spiro atoms. The molecule has 0 bridgehead atoms. The van der Waals surface area contributed by atoms with Gasteiger partial charge in [0.15, 0.2) is 11.5 Å². The van der Waals surface area contributed by atoms with E-state index in [9.17, 15) is 14.7 Å². The predicted molar refractivity (Wildman–Crippen MR) is 97.0 cm³/mol. The monoisotopic (exact) mass is 356 g/mol. The van der Waals surface area contributed by atoms with E-state index < -0.39 is 5.97 Å². The largest absolute Gasteiger partial charge is 0.493 e. The lowest BCUT2D eigenvalue weighted by molar-refractivity contribution is 0.0697. The van der Waals surface area contributed by atoms with Gasteiger partial charge in [0.1, 0.15) is 5.75 Å². The summed E-state index contributed by atoms with van der Waals surface area (Å²) in [6, 6.07) is 8.16. The van der Waals surface area contributed by atoms with Gasteiger partial charge in [-0.2, -0.15) is 0 Å². The number of hydrogen-bond acceptors (Lipinski definition) is 5. The molecule has 26 heavy (non-hydrogen) atoms. The van der Waals surface area contributed by atoms with Gasteiger partial charge in [-0.1, -0.05) is 13.3 Å². The van der Waals surface area contributed by atoms with E-state index in [-0.39, 0.29) is 22.8 Å². The van der Waals surface area contributed by atoms with E-state index in [0.29, 0.717) is 29.5 Å². The van der Waals surface area contributed by atoms with Crippen LogP contribution in [-0.2, 0) is 0 Å². The van der Waals surface area contributed by atoms with Gasteiger partial charge in [-0.05, 0) is 30.7 Å². The lowest BCUT2D eigenvalue weighted by atomic mass is 10.0. The van der Waals surface area contributed by atoms with E-state index in [1.165, 1.54) is 19.2 Å². The van der Waals surface area contributed by atoms with Crippen LogP contribution < -0.4 is 20.1 Å². The van der Waals surface area contributed by atoms with Crippen LogP contribution in [0.15, 0.2) is 30.3 Å². The number of nitrogens with one attached hydrogen (secondary N) is 2. The fourth-order valence-electron chi connectivity index (χ4n) is 2.64. The van der Waals surface area contributed by atoms with Crippen LogP contribution in [0.3, 0.4) is 0 Å². The van der Waals surface area contributed by atoms with Crippen molar-refractivity contribution in [3.8, 4) is 17.2 Å². The number of unbranched alkanes of at least 4 members (excludes halogenated alkanes) is 1. The second-order valence-electron chi connectivity index (χ2n) is 5.87. The van der Waals surface area contributed by atoms with Crippen LogP contribution in [0.1, 0.15) is 40.5 Å². The Morgan fingerprint density at radius 1 is 1.23 bits per heavy atom. The average Bonchev–Trinajstić information content (AvgIpc) is 2.64. The molecular weight excluding hydrogens is 336 g/mol. The Balaban J connectivity index is 1.96. The van der Waals surface area contributed by atoms with Gasteiger partial charge in [0, 0.05) is 18.7 Å². The molecular formula is C19H20N2O5. The third-order valence-electron chi connectivity index (χ3n) is 4.02. The van der Waals surface area contributed by atoms with E-state index >= 15 is 0 Å². The van der Waals surface area contributed by atoms with Crippen LogP contribution in [0.4, 0.5) is 11.4 Å². The van der Waals surface area contributed by atoms with Crippen LogP contribution >= 0.6 is 0 Å². The van der Waals surface area contributed by atoms with E-state index in [0.717, 1.165) is 12.8 Å². The van der Waals surface area contributed by atoms with Crippen molar-refractivity contribution < 1.29 is 24.2 Å². The number of carboxylic acid groups (broad SMARTS) is 1. The fourth-order valence-corrected chi connectivity index (χ4v) is 2.64. The molecule has 2 aromatic rings. The number of carbonyl (C=O) groups excluding carboxylic acids is 1. The van der Waals surface area contributed by atoms with Gasteiger partial charge in [-0.25, -0.2) is 4.79 Å². The summed E-state index contributed by atoms with van der Waals surface area (Å²) in [5.41, 5.74) is 1.13. The van der Waals surface area contributed by atoms with Crippen LogP contribution in [0.5, 0.6) is 17.2 Å². The number of carbonyl (C=O) groups is 2. The molecule has 1 amide bonds. The van der Waals surface area contributed by atoms with Crippen LogP contribution in [0, 0.1) is 0 Å². The van der Waals surface area contributed by atoms with Crippen molar-refractivity contribution in [3.63, 3.8) is 0 Å². The van der Waals surface area contributed by atoms with Gasteiger partial charge in [0.2, 0.25) is 0 Å². The fraction of sp³-hybridized carbons (Fsp3) is 0.263. The van der Waals surface area contributed by atoms with Crippen LogP contribution in [-0.4, -0.2) is 30.6 Å². The van der Waals surface area contributed by atoms with Crippen molar-refractivity contribution in [2.24, 2.45) is 0 Å². The molecule has 0 atom stereocenters. The average molecular weight is 356 g/mol. The molecule has 1 heterocycles. The van der Waals surface area contributed by atoms with E-state index in [4.69, 9.17) is 9.47 Å². The molecule has 7 nitrogen and oxygen atoms in total. The van der Waals surface area contributed by atoms with Gasteiger partial charge >= 0.3 is 5.97 Å². The Morgan fingerprint density at radius 2 is 2.04 bits per heavy atom. The number of anilines is 2. The zero-order valence-electron chi connectivity index (χ0n) is 14.6. The minimum absolute atomic E-state index is 0.0324. The second-order valence-corrected chi connectivity index (χ2v) is 5.87. The molecule has 3 N–H and O–H groups in total. The van der Waals surface area contributed by atoms with Crippen molar-refractivity contribution in [2.45, 2.75) is 19.8 Å². The number of benzene rings is 2. The van der Waals surface area contributed by atoms with Crippen molar-refractivity contribution in [3.05, 3.63) is 41.5 Å². The highest BCUT2D eigenvalue weighted by Gasteiger charge is 2.25. The van der Waals surface area contributed by atoms with Gasteiger partial charge in [-0.3, -0.25) is 4.79 Å². The van der Waals surface area contributed by atoms with E-state index in [2.05, 4.69) is 17.6 Å². The zero-order chi connectivity index (χ0) is 18.7. The molecule has 7 heteroatoms. The summed E-state index contributed by atoms with van der Waals surface area (Å²) in [5, 5.41) is 15.0. The smallest absolute Gasteiger partial charge is 0.337 e.